The molecule has 1 aromatic carbocycles. The highest BCUT2D eigenvalue weighted by Crippen LogP contribution is 2.22. The lowest BCUT2D eigenvalue weighted by Crippen LogP contribution is -2.25. The van der Waals surface area contributed by atoms with Crippen LogP contribution in [-0.4, -0.2) is 18.3 Å². The number of hydrogen-bond acceptors (Lipinski definition) is 2. The minimum absolute atomic E-state index is 0.169. The molecule has 90 valence electrons. The van der Waals surface area contributed by atoms with Crippen LogP contribution >= 0.6 is 11.6 Å². The fourth-order valence-corrected chi connectivity index (χ4v) is 1.87. The molecule has 0 aliphatic carbocycles. The van der Waals surface area contributed by atoms with Crippen LogP contribution in [0.5, 0.6) is 0 Å². The van der Waals surface area contributed by atoms with Gasteiger partial charge in [0.2, 0.25) is 0 Å². The van der Waals surface area contributed by atoms with Gasteiger partial charge in [-0.05, 0) is 30.0 Å². The highest BCUT2D eigenvalue weighted by atomic mass is 35.5. The van der Waals surface area contributed by atoms with E-state index in [0.29, 0.717) is 18.5 Å². The van der Waals surface area contributed by atoms with E-state index < -0.39 is 0 Å². The van der Waals surface area contributed by atoms with Crippen LogP contribution in [0.1, 0.15) is 31.9 Å². The van der Waals surface area contributed by atoms with Crippen molar-refractivity contribution in [1.82, 2.24) is 5.32 Å². The molecule has 0 fully saturated rings. The first-order valence-electron chi connectivity index (χ1n) is 5.73. The Kier molecular flexibility index (Phi) is 5.81. The summed E-state index contributed by atoms with van der Waals surface area (Å²) in [6.07, 6.45) is 1.06. The number of halogens is 1. The molecule has 2 nitrogen and oxygen atoms in total. The van der Waals surface area contributed by atoms with E-state index in [-0.39, 0.29) is 6.61 Å². The van der Waals surface area contributed by atoms with Gasteiger partial charge in [-0.1, -0.05) is 37.6 Å². The number of hydrogen-bond donors (Lipinski definition) is 2. The van der Waals surface area contributed by atoms with Crippen LogP contribution < -0.4 is 5.32 Å². The summed E-state index contributed by atoms with van der Waals surface area (Å²) in [5, 5.41) is 13.0. The highest BCUT2D eigenvalue weighted by molar-refractivity contribution is 6.30. The van der Waals surface area contributed by atoms with Gasteiger partial charge in [0.15, 0.2) is 0 Å². The first-order chi connectivity index (χ1) is 7.63. The fraction of sp³-hybridized carbons (Fsp3) is 0.538. The van der Waals surface area contributed by atoms with Crippen molar-refractivity contribution in [3.05, 3.63) is 34.9 Å². The van der Waals surface area contributed by atoms with Crippen molar-refractivity contribution >= 4 is 11.6 Å². The lowest BCUT2D eigenvalue weighted by atomic mass is 9.97. The molecule has 0 aliphatic heterocycles. The van der Waals surface area contributed by atoms with Crippen molar-refractivity contribution in [2.24, 2.45) is 5.92 Å². The molecule has 0 saturated carbocycles. The van der Waals surface area contributed by atoms with E-state index >= 15 is 0 Å². The summed E-state index contributed by atoms with van der Waals surface area (Å²) in [6.45, 7) is 5.19. The zero-order valence-electron chi connectivity index (χ0n) is 9.91. The number of aliphatic hydroxyl groups is 1. The normalized spacial score (nSPS) is 13.1. The minimum Gasteiger partial charge on any atom is -0.395 e. The summed E-state index contributed by atoms with van der Waals surface area (Å²) < 4.78 is 0. The third kappa shape index (κ3) is 4.52. The summed E-state index contributed by atoms with van der Waals surface area (Å²) in [7, 11) is 0. The molecule has 1 rings (SSSR count). The highest BCUT2D eigenvalue weighted by Gasteiger charge is 2.12. The van der Waals surface area contributed by atoms with Crippen molar-refractivity contribution in [1.29, 1.82) is 0 Å². The number of rotatable bonds is 6. The molecular formula is C13H20ClNO. The van der Waals surface area contributed by atoms with Crippen molar-refractivity contribution in [3.8, 4) is 0 Å². The molecule has 16 heavy (non-hydrogen) atoms. The van der Waals surface area contributed by atoms with E-state index in [9.17, 15) is 0 Å². The minimum atomic E-state index is 0.169. The number of aliphatic hydroxyl groups excluding tert-OH is 1. The molecule has 2 N–H and O–H groups in total. The molecule has 1 atom stereocenters. The van der Waals surface area contributed by atoms with Gasteiger partial charge in [-0.3, -0.25) is 0 Å². The average molecular weight is 242 g/mol. The van der Waals surface area contributed by atoms with Crippen molar-refractivity contribution in [3.63, 3.8) is 0 Å². The van der Waals surface area contributed by atoms with Gasteiger partial charge in [-0.15, -0.1) is 0 Å². The Morgan fingerprint density at radius 1 is 1.25 bits per heavy atom. The molecule has 0 spiro atoms. The van der Waals surface area contributed by atoms with E-state index in [0.717, 1.165) is 11.4 Å². The number of nitrogens with one attached hydrogen (secondary N) is 1. The second kappa shape index (κ2) is 6.89. The summed E-state index contributed by atoms with van der Waals surface area (Å²) in [6, 6.07) is 8.19. The number of benzene rings is 1. The molecule has 3 heteroatoms. The SMILES string of the molecule is CC(C)CC(NCCO)c1ccc(Cl)cc1. The Balaban J connectivity index is 2.70. The largest absolute Gasteiger partial charge is 0.395 e. The van der Waals surface area contributed by atoms with Crippen molar-refractivity contribution in [2.75, 3.05) is 13.2 Å². The van der Waals surface area contributed by atoms with Gasteiger partial charge in [-0.2, -0.15) is 0 Å². The Bertz CT molecular complexity index is 297. The van der Waals surface area contributed by atoms with E-state index in [1.54, 1.807) is 0 Å². The molecule has 1 aromatic rings. The molecule has 0 bridgehead atoms. The van der Waals surface area contributed by atoms with Crippen LogP contribution in [0.4, 0.5) is 0 Å². The molecular weight excluding hydrogens is 222 g/mol. The summed E-state index contributed by atoms with van der Waals surface area (Å²) in [5.41, 5.74) is 1.23. The predicted molar refractivity (Wildman–Crippen MR) is 68.7 cm³/mol. The first kappa shape index (κ1) is 13.5. The molecule has 0 heterocycles. The van der Waals surface area contributed by atoms with Gasteiger partial charge in [0.05, 0.1) is 6.61 Å². The Morgan fingerprint density at radius 2 is 1.88 bits per heavy atom. The van der Waals surface area contributed by atoms with E-state index in [4.69, 9.17) is 16.7 Å². The third-order valence-corrected chi connectivity index (χ3v) is 2.73. The third-order valence-electron chi connectivity index (χ3n) is 2.48. The van der Waals surface area contributed by atoms with E-state index in [2.05, 4.69) is 19.2 Å². The van der Waals surface area contributed by atoms with Gasteiger partial charge >= 0.3 is 0 Å². The summed E-state index contributed by atoms with van der Waals surface area (Å²) >= 11 is 5.87. The maximum Gasteiger partial charge on any atom is 0.0556 e. The van der Waals surface area contributed by atoms with E-state index in [1.807, 2.05) is 24.3 Å². The zero-order valence-corrected chi connectivity index (χ0v) is 10.7. The molecule has 1 unspecified atom stereocenters. The molecule has 0 saturated heterocycles. The average Bonchev–Trinajstić information content (AvgIpc) is 2.25. The van der Waals surface area contributed by atoms with Crippen LogP contribution in [-0.2, 0) is 0 Å². The van der Waals surface area contributed by atoms with Gasteiger partial charge < -0.3 is 10.4 Å². The van der Waals surface area contributed by atoms with Crippen LogP contribution in [0, 0.1) is 5.92 Å². The van der Waals surface area contributed by atoms with Gasteiger partial charge in [0.1, 0.15) is 0 Å². The lowest BCUT2D eigenvalue weighted by molar-refractivity contribution is 0.279. The van der Waals surface area contributed by atoms with Crippen LogP contribution in [0.2, 0.25) is 5.02 Å². The maximum absolute atomic E-state index is 8.86. The Labute approximate surface area is 103 Å². The molecule has 0 amide bonds. The summed E-state index contributed by atoms with van der Waals surface area (Å²) in [4.78, 5) is 0. The standard InChI is InChI=1S/C13H20ClNO/c1-10(2)9-13(15-7-8-16)11-3-5-12(14)6-4-11/h3-6,10,13,15-16H,7-9H2,1-2H3. The van der Waals surface area contributed by atoms with Gasteiger partial charge in [0.25, 0.3) is 0 Å². The summed E-state index contributed by atoms with van der Waals surface area (Å²) in [5.74, 6) is 0.617. The monoisotopic (exact) mass is 241 g/mol. The van der Waals surface area contributed by atoms with Crippen LogP contribution in [0.25, 0.3) is 0 Å². The van der Waals surface area contributed by atoms with Crippen molar-refractivity contribution in [2.45, 2.75) is 26.3 Å². The maximum atomic E-state index is 8.86. The van der Waals surface area contributed by atoms with Gasteiger partial charge in [-0.25, -0.2) is 0 Å². The van der Waals surface area contributed by atoms with Crippen LogP contribution in [0.3, 0.4) is 0 Å². The fourth-order valence-electron chi connectivity index (χ4n) is 1.74. The Hall–Kier alpha value is -0.570. The molecule has 0 aromatic heterocycles. The quantitative estimate of drug-likeness (QED) is 0.803. The predicted octanol–water partition coefficient (Wildman–Crippen LogP) is 3.01. The van der Waals surface area contributed by atoms with Gasteiger partial charge in [0, 0.05) is 17.6 Å². The lowest BCUT2D eigenvalue weighted by Gasteiger charge is -2.20. The smallest absolute Gasteiger partial charge is 0.0556 e. The first-order valence-corrected chi connectivity index (χ1v) is 6.11. The van der Waals surface area contributed by atoms with Crippen LogP contribution in [0.15, 0.2) is 24.3 Å². The second-order valence-corrected chi connectivity index (χ2v) is 4.85. The topological polar surface area (TPSA) is 32.3 Å². The molecule has 0 radical (unpaired) electrons. The zero-order chi connectivity index (χ0) is 12.0. The van der Waals surface area contributed by atoms with Crippen molar-refractivity contribution < 1.29 is 5.11 Å². The second-order valence-electron chi connectivity index (χ2n) is 4.41. The molecule has 0 aliphatic rings. The van der Waals surface area contributed by atoms with E-state index in [1.165, 1.54) is 5.56 Å². The Morgan fingerprint density at radius 3 is 2.38 bits per heavy atom.